The monoisotopic (exact) mass is 505 g/mol. The van der Waals surface area contributed by atoms with Gasteiger partial charge in [0.2, 0.25) is 0 Å². The summed E-state index contributed by atoms with van der Waals surface area (Å²) < 4.78 is 32.6. The van der Waals surface area contributed by atoms with Crippen LogP contribution < -0.4 is 0 Å². The molecule has 0 N–H and O–H groups in total. The van der Waals surface area contributed by atoms with E-state index in [0.29, 0.717) is 0 Å². The van der Waals surface area contributed by atoms with E-state index in [9.17, 15) is 13.0 Å². The van der Waals surface area contributed by atoms with Crippen LogP contribution in [0.15, 0.2) is 29.2 Å². The largest absolute Gasteiger partial charge is 0.744 e. The van der Waals surface area contributed by atoms with Crippen molar-refractivity contribution in [2.24, 2.45) is 0 Å². The fourth-order valence-electron chi connectivity index (χ4n) is 3.60. The second-order valence-electron chi connectivity index (χ2n) is 8.31. The first kappa shape index (κ1) is 29.6. The van der Waals surface area contributed by atoms with Gasteiger partial charge in [0.25, 0.3) is 0 Å². The first-order valence-electron chi connectivity index (χ1n) is 11.7. The van der Waals surface area contributed by atoms with Crippen molar-refractivity contribution < 1.29 is 17.5 Å². The molecule has 0 aliphatic rings. The highest BCUT2D eigenvalue weighted by Crippen LogP contribution is 2.17. The van der Waals surface area contributed by atoms with Crippen molar-refractivity contribution in [1.29, 1.82) is 0 Å². The Morgan fingerprint density at radius 2 is 1.20 bits per heavy atom. The Labute approximate surface area is 194 Å². The molecule has 0 saturated carbocycles. The van der Waals surface area contributed by atoms with Gasteiger partial charge in [-0.05, 0) is 57.6 Å². The second-order valence-corrected chi connectivity index (χ2v) is 10.5. The number of alkyl halides is 1. The Bertz CT molecular complexity index is 612. The van der Waals surface area contributed by atoms with Crippen LogP contribution in [0.5, 0.6) is 0 Å². The van der Waals surface area contributed by atoms with Crippen molar-refractivity contribution in [3.05, 3.63) is 29.8 Å². The van der Waals surface area contributed by atoms with Gasteiger partial charge in [-0.3, -0.25) is 0 Å². The van der Waals surface area contributed by atoms with Crippen molar-refractivity contribution in [2.75, 3.05) is 31.5 Å². The quantitative estimate of drug-likeness (QED) is 0.116. The molecule has 0 amide bonds. The normalized spacial score (nSPS) is 11.8. The molecule has 1 aromatic carbocycles. The highest BCUT2D eigenvalue weighted by atomic mass is 79.9. The SMILES string of the molecule is CCCCC[N+](CCCC)(CCCC)CCCCBr.Cc1ccc(S(=O)(=O)[O-])cc1. The molecule has 0 aromatic heterocycles. The molecule has 0 bridgehead atoms. The third-order valence-electron chi connectivity index (χ3n) is 5.53. The number of benzene rings is 1. The maximum atomic E-state index is 10.4. The van der Waals surface area contributed by atoms with Gasteiger partial charge in [-0.1, -0.05) is 73.7 Å². The third-order valence-corrected chi connectivity index (χ3v) is 6.94. The van der Waals surface area contributed by atoms with E-state index in [1.165, 1.54) is 106 Å². The van der Waals surface area contributed by atoms with Crippen LogP contribution in [-0.2, 0) is 10.1 Å². The van der Waals surface area contributed by atoms with E-state index >= 15 is 0 Å². The van der Waals surface area contributed by atoms with Gasteiger partial charge >= 0.3 is 0 Å². The summed E-state index contributed by atoms with van der Waals surface area (Å²) in [6.45, 7) is 14.5. The van der Waals surface area contributed by atoms with Gasteiger partial charge in [0.05, 0.1) is 31.1 Å². The molecule has 0 aliphatic carbocycles. The van der Waals surface area contributed by atoms with Crippen LogP contribution in [0.25, 0.3) is 0 Å². The average Bonchev–Trinajstić information content (AvgIpc) is 2.71. The van der Waals surface area contributed by atoms with Gasteiger partial charge in [0.1, 0.15) is 10.1 Å². The number of hydrogen-bond donors (Lipinski definition) is 0. The highest BCUT2D eigenvalue weighted by molar-refractivity contribution is 9.09. The van der Waals surface area contributed by atoms with E-state index < -0.39 is 10.1 Å². The number of aryl methyl sites for hydroxylation is 1. The Balaban J connectivity index is 0.000000642. The van der Waals surface area contributed by atoms with Crippen molar-refractivity contribution in [3.8, 4) is 0 Å². The van der Waals surface area contributed by atoms with Crippen LogP contribution in [0.1, 0.15) is 84.1 Å². The number of hydrogen-bond acceptors (Lipinski definition) is 3. The lowest BCUT2D eigenvalue weighted by Gasteiger charge is -2.39. The Hall–Kier alpha value is -0.430. The lowest BCUT2D eigenvalue weighted by molar-refractivity contribution is -0.929. The summed E-state index contributed by atoms with van der Waals surface area (Å²) in [5.74, 6) is 0. The molecular weight excluding hydrogens is 462 g/mol. The first-order valence-corrected chi connectivity index (χ1v) is 14.2. The van der Waals surface area contributed by atoms with Gasteiger partial charge in [0.15, 0.2) is 0 Å². The van der Waals surface area contributed by atoms with E-state index in [0.717, 1.165) is 5.56 Å². The van der Waals surface area contributed by atoms with Gasteiger partial charge in [-0.15, -0.1) is 0 Å². The summed E-state index contributed by atoms with van der Waals surface area (Å²) in [6.07, 6.45) is 12.4. The zero-order valence-electron chi connectivity index (χ0n) is 19.7. The molecule has 1 rings (SSSR count). The van der Waals surface area contributed by atoms with E-state index in [4.69, 9.17) is 0 Å². The predicted molar refractivity (Wildman–Crippen MR) is 131 cm³/mol. The lowest BCUT2D eigenvalue weighted by Crippen LogP contribution is -2.50. The molecule has 0 fully saturated rings. The van der Waals surface area contributed by atoms with Gasteiger partial charge in [0, 0.05) is 5.33 Å². The van der Waals surface area contributed by atoms with Gasteiger partial charge < -0.3 is 9.04 Å². The molecule has 1 aromatic rings. The Kier molecular flexibility index (Phi) is 16.9. The standard InChI is InChI=1S/C17H37BrN.C7H8O3S/c1-4-7-11-16-19(14-8-5-2,15-9-6-3)17-12-10-13-18;1-6-2-4-7(5-3-6)11(8,9)10/h4-17H2,1-3H3;2-5H,1H3,(H,8,9,10)/q+1;/p-1. The first-order chi connectivity index (χ1) is 14.2. The minimum Gasteiger partial charge on any atom is -0.744 e. The molecule has 176 valence electrons. The maximum absolute atomic E-state index is 10.4. The molecule has 0 unspecified atom stereocenters. The lowest BCUT2D eigenvalue weighted by atomic mass is 10.1. The summed E-state index contributed by atoms with van der Waals surface area (Å²) in [4.78, 5) is -0.178. The minimum atomic E-state index is -4.27. The zero-order chi connectivity index (χ0) is 22.9. The van der Waals surface area contributed by atoms with E-state index in [-0.39, 0.29) is 4.90 Å². The molecular formula is C24H44BrNO3S. The molecule has 30 heavy (non-hydrogen) atoms. The average molecular weight is 507 g/mol. The number of rotatable bonds is 15. The van der Waals surface area contributed by atoms with Crippen molar-refractivity contribution in [1.82, 2.24) is 0 Å². The molecule has 0 radical (unpaired) electrons. The molecule has 0 heterocycles. The summed E-state index contributed by atoms with van der Waals surface area (Å²) in [7, 11) is -4.27. The maximum Gasteiger partial charge on any atom is 0.124 e. The summed E-state index contributed by atoms with van der Waals surface area (Å²) in [6, 6.07) is 5.78. The highest BCUT2D eigenvalue weighted by Gasteiger charge is 2.25. The summed E-state index contributed by atoms with van der Waals surface area (Å²) in [5, 5.41) is 1.17. The van der Waals surface area contributed by atoms with Crippen LogP contribution in [0.3, 0.4) is 0 Å². The molecule has 4 nitrogen and oxygen atoms in total. The van der Waals surface area contributed by atoms with Crippen molar-refractivity contribution in [3.63, 3.8) is 0 Å². The van der Waals surface area contributed by atoms with Gasteiger partial charge in [-0.25, -0.2) is 8.42 Å². The Morgan fingerprint density at radius 3 is 1.60 bits per heavy atom. The second kappa shape index (κ2) is 17.2. The minimum absolute atomic E-state index is 0.178. The predicted octanol–water partition coefficient (Wildman–Crippen LogP) is 6.67. The molecule has 0 saturated heterocycles. The molecule has 0 aliphatic heterocycles. The molecule has 0 atom stereocenters. The fraction of sp³-hybridized carbons (Fsp3) is 0.750. The van der Waals surface area contributed by atoms with Crippen LogP contribution >= 0.6 is 15.9 Å². The molecule has 0 spiro atoms. The smallest absolute Gasteiger partial charge is 0.124 e. The van der Waals surface area contributed by atoms with E-state index in [1.54, 1.807) is 12.1 Å². The fourth-order valence-corrected chi connectivity index (χ4v) is 4.47. The summed E-state index contributed by atoms with van der Waals surface area (Å²) >= 11 is 3.58. The molecule has 6 heteroatoms. The van der Waals surface area contributed by atoms with Gasteiger partial charge in [-0.2, -0.15) is 0 Å². The number of halogens is 1. The summed E-state index contributed by atoms with van der Waals surface area (Å²) in [5.41, 5.74) is 0.928. The van der Waals surface area contributed by atoms with Crippen LogP contribution in [0.4, 0.5) is 0 Å². The number of unbranched alkanes of at least 4 members (excludes halogenated alkanes) is 5. The van der Waals surface area contributed by atoms with E-state index in [2.05, 4.69) is 36.7 Å². The van der Waals surface area contributed by atoms with Crippen LogP contribution in [0.2, 0.25) is 0 Å². The Morgan fingerprint density at radius 1 is 0.767 bits per heavy atom. The zero-order valence-corrected chi connectivity index (χ0v) is 22.1. The number of nitrogens with zero attached hydrogens (tertiary/aromatic N) is 1. The number of quaternary nitrogens is 1. The third kappa shape index (κ3) is 13.8. The van der Waals surface area contributed by atoms with Crippen molar-refractivity contribution in [2.45, 2.75) is 90.4 Å². The van der Waals surface area contributed by atoms with Crippen LogP contribution in [0, 0.1) is 6.92 Å². The van der Waals surface area contributed by atoms with Crippen LogP contribution in [-0.4, -0.2) is 49.0 Å². The van der Waals surface area contributed by atoms with E-state index in [1.807, 2.05) is 6.92 Å². The topological polar surface area (TPSA) is 57.2 Å². The van der Waals surface area contributed by atoms with Crippen molar-refractivity contribution >= 4 is 26.0 Å².